The maximum Gasteiger partial charge on any atom is 0.263 e. The summed E-state index contributed by atoms with van der Waals surface area (Å²) in [5, 5.41) is 1.35. The van der Waals surface area contributed by atoms with Crippen LogP contribution >= 0.6 is 23.1 Å². The Morgan fingerprint density at radius 1 is 1.28 bits per heavy atom. The van der Waals surface area contributed by atoms with Gasteiger partial charge in [0.25, 0.3) is 5.56 Å². The Hall–Kier alpha value is -2.38. The van der Waals surface area contributed by atoms with Crippen LogP contribution in [-0.2, 0) is 25.9 Å². The smallest absolute Gasteiger partial charge is 0.263 e. The number of hydrogen-bond acceptors (Lipinski definition) is 5. The number of Topliss-reactive ketones (excluding diaryl/α,β-unsaturated/α-hetero) is 1. The highest BCUT2D eigenvalue weighted by molar-refractivity contribution is 7.99. The van der Waals surface area contributed by atoms with Gasteiger partial charge in [0.2, 0.25) is 0 Å². The highest BCUT2D eigenvalue weighted by atomic mass is 32.2. The molecule has 0 aromatic carbocycles. The van der Waals surface area contributed by atoms with E-state index in [0.717, 1.165) is 46.4 Å². The van der Waals surface area contributed by atoms with E-state index in [0.29, 0.717) is 24.2 Å². The minimum absolute atomic E-state index is 0.0129. The van der Waals surface area contributed by atoms with Gasteiger partial charge in [-0.3, -0.25) is 14.2 Å². The van der Waals surface area contributed by atoms with E-state index in [4.69, 9.17) is 4.98 Å². The van der Waals surface area contributed by atoms with Gasteiger partial charge in [0.05, 0.1) is 11.1 Å². The minimum Gasteiger partial charge on any atom is -0.345 e. The average Bonchev–Trinajstić information content (AvgIpc) is 3.26. The standard InChI is InChI=1S/C25H29N3O2S2/c1-6-10-27-16(4)13-19(17(27)5)20(29)14-31-25-26-23-22(24(30)28(25)11-7-2)18-9-8-15(3)12-21(18)32-23/h6-7,13,15H,1-2,8-12,14H2,3-5H3/t15-/m1/s1. The van der Waals surface area contributed by atoms with Crippen molar-refractivity contribution in [1.82, 2.24) is 14.1 Å². The Morgan fingerprint density at radius 3 is 2.72 bits per heavy atom. The lowest BCUT2D eigenvalue weighted by Crippen LogP contribution is -2.24. The van der Waals surface area contributed by atoms with Crippen LogP contribution < -0.4 is 5.56 Å². The van der Waals surface area contributed by atoms with Crippen LogP contribution in [0.5, 0.6) is 0 Å². The predicted molar refractivity (Wildman–Crippen MR) is 134 cm³/mol. The number of thiophene rings is 1. The molecule has 32 heavy (non-hydrogen) atoms. The summed E-state index contributed by atoms with van der Waals surface area (Å²) in [6, 6.07) is 1.93. The van der Waals surface area contributed by atoms with E-state index in [-0.39, 0.29) is 17.1 Å². The van der Waals surface area contributed by atoms with Crippen LogP contribution in [0, 0.1) is 19.8 Å². The summed E-state index contributed by atoms with van der Waals surface area (Å²) in [4.78, 5) is 33.4. The Bertz CT molecular complexity index is 1280. The Labute approximate surface area is 196 Å². The molecule has 0 N–H and O–H groups in total. The van der Waals surface area contributed by atoms with Crippen molar-refractivity contribution in [2.75, 3.05) is 5.75 Å². The number of thioether (sulfide) groups is 1. The first-order valence-corrected chi connectivity index (χ1v) is 12.8. The molecule has 0 saturated heterocycles. The molecule has 3 heterocycles. The maximum atomic E-state index is 13.4. The maximum absolute atomic E-state index is 13.4. The van der Waals surface area contributed by atoms with E-state index in [1.54, 1.807) is 22.0 Å². The lowest BCUT2D eigenvalue weighted by molar-refractivity contribution is 0.102. The molecule has 4 rings (SSSR count). The molecule has 3 aromatic heterocycles. The molecule has 7 heteroatoms. The fourth-order valence-corrected chi connectivity index (χ4v) is 6.82. The number of carbonyl (C=O) groups excluding carboxylic acids is 1. The van der Waals surface area contributed by atoms with E-state index >= 15 is 0 Å². The third-order valence-electron chi connectivity index (χ3n) is 6.21. The fraction of sp³-hybridized carbons (Fsp3) is 0.400. The normalized spacial score (nSPS) is 15.7. The van der Waals surface area contributed by atoms with E-state index in [2.05, 4.69) is 24.6 Å². The van der Waals surface area contributed by atoms with Gasteiger partial charge in [-0.15, -0.1) is 24.5 Å². The van der Waals surface area contributed by atoms with Crippen molar-refractivity contribution < 1.29 is 4.79 Å². The molecule has 5 nitrogen and oxygen atoms in total. The molecule has 0 fully saturated rings. The van der Waals surface area contributed by atoms with Crippen molar-refractivity contribution in [1.29, 1.82) is 0 Å². The zero-order valence-electron chi connectivity index (χ0n) is 18.9. The van der Waals surface area contributed by atoms with Gasteiger partial charge < -0.3 is 4.57 Å². The van der Waals surface area contributed by atoms with Gasteiger partial charge in [0.1, 0.15) is 4.83 Å². The number of ketones is 1. The van der Waals surface area contributed by atoms with Crippen LogP contribution in [0.3, 0.4) is 0 Å². The molecule has 0 unspecified atom stereocenters. The molecule has 0 spiro atoms. The third-order valence-corrected chi connectivity index (χ3v) is 8.33. The zero-order valence-corrected chi connectivity index (χ0v) is 20.6. The van der Waals surface area contributed by atoms with Crippen LogP contribution in [0.2, 0.25) is 0 Å². The Kier molecular flexibility index (Phi) is 6.58. The third kappa shape index (κ3) is 4.04. The minimum atomic E-state index is -0.0129. The summed E-state index contributed by atoms with van der Waals surface area (Å²) >= 11 is 2.98. The number of aromatic nitrogens is 3. The van der Waals surface area contributed by atoms with Crippen LogP contribution in [0.15, 0.2) is 41.3 Å². The van der Waals surface area contributed by atoms with Crippen molar-refractivity contribution in [3.05, 3.63) is 69.1 Å². The van der Waals surface area contributed by atoms with Gasteiger partial charge in [-0.05, 0) is 50.7 Å². The summed E-state index contributed by atoms with van der Waals surface area (Å²) in [7, 11) is 0. The van der Waals surface area contributed by atoms with Crippen LogP contribution in [0.4, 0.5) is 0 Å². The van der Waals surface area contributed by atoms with Crippen molar-refractivity contribution in [3.8, 4) is 0 Å². The summed E-state index contributed by atoms with van der Waals surface area (Å²) in [5.74, 6) is 0.907. The molecule has 1 atom stereocenters. The number of allylic oxidation sites excluding steroid dienone is 2. The number of aryl methyl sites for hydroxylation is 2. The quantitative estimate of drug-likeness (QED) is 0.194. The lowest BCUT2D eigenvalue weighted by atomic mass is 9.89. The molecule has 0 bridgehead atoms. The topological polar surface area (TPSA) is 56.9 Å². The number of rotatable bonds is 8. The van der Waals surface area contributed by atoms with Crippen molar-refractivity contribution in [2.45, 2.75) is 58.3 Å². The number of hydrogen-bond donors (Lipinski definition) is 0. The van der Waals surface area contributed by atoms with Crippen LogP contribution in [0.1, 0.15) is 45.5 Å². The van der Waals surface area contributed by atoms with Crippen molar-refractivity contribution in [2.24, 2.45) is 5.92 Å². The van der Waals surface area contributed by atoms with Gasteiger partial charge in [-0.2, -0.15) is 0 Å². The Morgan fingerprint density at radius 2 is 2.00 bits per heavy atom. The molecular weight excluding hydrogens is 438 g/mol. The second-order valence-electron chi connectivity index (χ2n) is 8.53. The molecule has 168 valence electrons. The van der Waals surface area contributed by atoms with Gasteiger partial charge >= 0.3 is 0 Å². The fourth-order valence-electron chi connectivity index (χ4n) is 4.51. The molecule has 1 aliphatic carbocycles. The first-order chi connectivity index (χ1) is 15.3. The Balaban J connectivity index is 1.67. The van der Waals surface area contributed by atoms with E-state index in [9.17, 15) is 9.59 Å². The molecule has 0 aliphatic heterocycles. The zero-order chi connectivity index (χ0) is 23.0. The second kappa shape index (κ2) is 9.24. The number of carbonyl (C=O) groups is 1. The van der Waals surface area contributed by atoms with Gasteiger partial charge in [-0.25, -0.2) is 4.98 Å². The van der Waals surface area contributed by atoms with E-state index in [1.165, 1.54) is 22.2 Å². The van der Waals surface area contributed by atoms with Crippen molar-refractivity contribution in [3.63, 3.8) is 0 Å². The molecule has 3 aromatic rings. The summed E-state index contributed by atoms with van der Waals surface area (Å²) in [5.41, 5.74) is 3.87. The van der Waals surface area contributed by atoms with Gasteiger partial charge in [0.15, 0.2) is 10.9 Å². The van der Waals surface area contributed by atoms with Gasteiger partial charge in [-0.1, -0.05) is 30.8 Å². The monoisotopic (exact) mass is 467 g/mol. The highest BCUT2D eigenvalue weighted by Crippen LogP contribution is 2.36. The number of fused-ring (bicyclic) bond motifs is 3. The first-order valence-electron chi connectivity index (χ1n) is 10.9. The van der Waals surface area contributed by atoms with Crippen molar-refractivity contribution >= 4 is 39.1 Å². The predicted octanol–water partition coefficient (Wildman–Crippen LogP) is 5.35. The highest BCUT2D eigenvalue weighted by Gasteiger charge is 2.25. The van der Waals surface area contributed by atoms with Crippen LogP contribution in [-0.4, -0.2) is 25.7 Å². The molecule has 0 saturated carbocycles. The molecule has 0 amide bonds. The van der Waals surface area contributed by atoms with E-state index in [1.807, 2.05) is 26.0 Å². The van der Waals surface area contributed by atoms with E-state index < -0.39 is 0 Å². The average molecular weight is 468 g/mol. The van der Waals surface area contributed by atoms with Crippen LogP contribution in [0.25, 0.3) is 10.2 Å². The molecular formula is C25H29N3O2S2. The SMILES string of the molecule is C=CCn1c(C)cc(C(=O)CSc2nc3sc4c(c3c(=O)n2CC=C)CC[C@@H](C)C4)c1C. The molecule has 1 aliphatic rings. The first kappa shape index (κ1) is 22.8. The lowest BCUT2D eigenvalue weighted by Gasteiger charge is -2.17. The summed E-state index contributed by atoms with van der Waals surface area (Å²) in [6.07, 6.45) is 6.60. The summed E-state index contributed by atoms with van der Waals surface area (Å²) < 4.78 is 3.75. The largest absolute Gasteiger partial charge is 0.345 e. The number of nitrogens with zero attached hydrogens (tertiary/aromatic N) is 3. The summed E-state index contributed by atoms with van der Waals surface area (Å²) in [6.45, 7) is 14.9. The van der Waals surface area contributed by atoms with Gasteiger partial charge in [0, 0.05) is 34.9 Å². The molecule has 0 radical (unpaired) electrons. The second-order valence-corrected chi connectivity index (χ2v) is 10.6.